The van der Waals surface area contributed by atoms with E-state index >= 15 is 0 Å². The van der Waals surface area contributed by atoms with Crippen molar-refractivity contribution in [3.63, 3.8) is 0 Å². The Morgan fingerprint density at radius 2 is 2.05 bits per heavy atom. The molecule has 1 aromatic carbocycles. The molecule has 4 heteroatoms. The second-order valence-corrected chi connectivity index (χ2v) is 4.75. The van der Waals surface area contributed by atoms with Crippen molar-refractivity contribution in [3.8, 4) is 11.3 Å². The first-order valence-corrected chi connectivity index (χ1v) is 6.50. The highest BCUT2D eigenvalue weighted by Crippen LogP contribution is 2.27. The topological polar surface area (TPSA) is 63.3 Å². The highest BCUT2D eigenvalue weighted by Gasteiger charge is 2.08. The first kappa shape index (κ1) is 13.1. The molecule has 21 heavy (non-hydrogen) atoms. The fraction of sp³-hybridized carbons (Fsp3) is 0.0588. The number of carbonyl (C=O) groups is 1. The Hall–Kier alpha value is -2.88. The largest absolute Gasteiger partial charge is 0.478 e. The first-order valence-electron chi connectivity index (χ1n) is 6.50. The second kappa shape index (κ2) is 5.25. The summed E-state index contributed by atoms with van der Waals surface area (Å²) >= 11 is 0. The fourth-order valence-corrected chi connectivity index (χ4v) is 2.17. The van der Waals surface area contributed by atoms with Gasteiger partial charge in [-0.05, 0) is 36.8 Å². The summed E-state index contributed by atoms with van der Waals surface area (Å²) in [7, 11) is 0. The van der Waals surface area contributed by atoms with Gasteiger partial charge in [0.25, 0.3) is 0 Å². The predicted molar refractivity (Wildman–Crippen MR) is 80.7 cm³/mol. The van der Waals surface area contributed by atoms with Crippen LogP contribution in [0.25, 0.3) is 27.8 Å². The summed E-state index contributed by atoms with van der Waals surface area (Å²) in [5, 5.41) is 9.79. The van der Waals surface area contributed by atoms with E-state index in [0.29, 0.717) is 17.1 Å². The molecule has 2 aromatic heterocycles. The van der Waals surface area contributed by atoms with Crippen LogP contribution in [0.15, 0.2) is 59.2 Å². The van der Waals surface area contributed by atoms with Gasteiger partial charge >= 0.3 is 5.97 Å². The van der Waals surface area contributed by atoms with Gasteiger partial charge in [-0.25, -0.2) is 4.79 Å². The normalized spacial score (nSPS) is 11.8. The number of para-hydroxylation sites is 1. The van der Waals surface area contributed by atoms with Gasteiger partial charge in [-0.15, -0.1) is 0 Å². The molecule has 4 nitrogen and oxygen atoms in total. The maximum absolute atomic E-state index is 10.7. The minimum Gasteiger partial charge on any atom is -0.478 e. The molecule has 0 bridgehead atoms. The monoisotopic (exact) mass is 279 g/mol. The number of furan rings is 1. The quantitative estimate of drug-likeness (QED) is 0.736. The number of fused-ring (bicyclic) bond motifs is 1. The third-order valence-electron chi connectivity index (χ3n) is 3.21. The van der Waals surface area contributed by atoms with Gasteiger partial charge in [0.1, 0.15) is 11.5 Å². The van der Waals surface area contributed by atoms with Crippen LogP contribution in [0.3, 0.4) is 0 Å². The van der Waals surface area contributed by atoms with Crippen LogP contribution in [-0.4, -0.2) is 16.1 Å². The smallest absolute Gasteiger partial charge is 0.328 e. The van der Waals surface area contributed by atoms with Crippen molar-refractivity contribution < 1.29 is 14.3 Å². The number of rotatable bonds is 3. The molecule has 0 spiro atoms. The van der Waals surface area contributed by atoms with Gasteiger partial charge in [-0.1, -0.05) is 18.2 Å². The number of hydrogen-bond donors (Lipinski definition) is 1. The number of carboxylic acids is 1. The van der Waals surface area contributed by atoms with Crippen molar-refractivity contribution in [2.24, 2.45) is 0 Å². The average Bonchev–Trinajstić information content (AvgIpc) is 2.96. The number of nitrogens with zero attached hydrogens (tertiary/aromatic N) is 1. The molecule has 0 unspecified atom stereocenters. The summed E-state index contributed by atoms with van der Waals surface area (Å²) in [5.41, 5.74) is 2.36. The van der Waals surface area contributed by atoms with E-state index in [0.717, 1.165) is 22.5 Å². The van der Waals surface area contributed by atoms with E-state index in [2.05, 4.69) is 4.98 Å². The number of benzene rings is 1. The van der Waals surface area contributed by atoms with Crippen molar-refractivity contribution in [1.29, 1.82) is 0 Å². The predicted octanol–water partition coefficient (Wildman–Crippen LogP) is 3.98. The standard InChI is InChI=1S/C17H13NO3/c1-11(8-17(19)20)15-6-7-16(21-15)13-9-12-4-2-3-5-14(12)18-10-13/h2-10H,1H3,(H,19,20)/b11-8+. The lowest BCUT2D eigenvalue weighted by Gasteiger charge is -2.00. The Morgan fingerprint density at radius 1 is 1.24 bits per heavy atom. The van der Waals surface area contributed by atoms with Crippen molar-refractivity contribution in [3.05, 3.63) is 60.5 Å². The maximum atomic E-state index is 10.7. The van der Waals surface area contributed by atoms with Crippen molar-refractivity contribution in [1.82, 2.24) is 4.98 Å². The number of hydrogen-bond acceptors (Lipinski definition) is 3. The highest BCUT2D eigenvalue weighted by atomic mass is 16.4. The molecule has 0 aliphatic carbocycles. The Morgan fingerprint density at radius 3 is 2.86 bits per heavy atom. The van der Waals surface area contributed by atoms with Gasteiger partial charge in [-0.3, -0.25) is 4.98 Å². The number of aromatic nitrogens is 1. The Kier molecular flexibility index (Phi) is 3.28. The first-order chi connectivity index (χ1) is 10.1. The molecule has 1 N–H and O–H groups in total. The molecular weight excluding hydrogens is 266 g/mol. The van der Waals surface area contributed by atoms with Crippen molar-refractivity contribution in [2.45, 2.75) is 6.92 Å². The van der Waals surface area contributed by atoms with E-state index in [1.165, 1.54) is 0 Å². The Labute approximate surface area is 121 Å². The lowest BCUT2D eigenvalue weighted by Crippen LogP contribution is -1.88. The van der Waals surface area contributed by atoms with Gasteiger partial charge in [0.15, 0.2) is 0 Å². The van der Waals surface area contributed by atoms with Crippen LogP contribution in [0.5, 0.6) is 0 Å². The van der Waals surface area contributed by atoms with Crippen LogP contribution < -0.4 is 0 Å². The molecule has 0 radical (unpaired) electrons. The van der Waals surface area contributed by atoms with Crippen LogP contribution in [-0.2, 0) is 4.79 Å². The molecule has 3 rings (SSSR count). The SMILES string of the molecule is C/C(=C\C(=O)O)c1ccc(-c2cnc3ccccc3c2)o1. The minimum atomic E-state index is -0.988. The highest BCUT2D eigenvalue weighted by molar-refractivity contribution is 5.89. The van der Waals surface area contributed by atoms with E-state index in [-0.39, 0.29) is 0 Å². The molecule has 0 fully saturated rings. The van der Waals surface area contributed by atoms with E-state index in [1.807, 2.05) is 36.4 Å². The molecule has 0 atom stereocenters. The summed E-state index contributed by atoms with van der Waals surface area (Å²) in [6.45, 7) is 1.70. The van der Waals surface area contributed by atoms with Crippen LogP contribution in [0.2, 0.25) is 0 Å². The van der Waals surface area contributed by atoms with Crippen molar-refractivity contribution in [2.75, 3.05) is 0 Å². The van der Waals surface area contributed by atoms with Gasteiger partial charge in [0.2, 0.25) is 0 Å². The fourth-order valence-electron chi connectivity index (χ4n) is 2.17. The van der Waals surface area contributed by atoms with Gasteiger partial charge < -0.3 is 9.52 Å². The van der Waals surface area contributed by atoms with Crippen LogP contribution in [0.1, 0.15) is 12.7 Å². The molecule has 2 heterocycles. The molecule has 0 saturated heterocycles. The zero-order chi connectivity index (χ0) is 14.8. The third kappa shape index (κ3) is 2.69. The summed E-state index contributed by atoms with van der Waals surface area (Å²) in [4.78, 5) is 15.1. The number of pyridine rings is 1. The zero-order valence-electron chi connectivity index (χ0n) is 11.4. The van der Waals surface area contributed by atoms with Gasteiger partial charge in [0.05, 0.1) is 5.52 Å². The minimum absolute atomic E-state index is 0.542. The number of allylic oxidation sites excluding steroid dienone is 1. The molecule has 0 amide bonds. The van der Waals surface area contributed by atoms with E-state index < -0.39 is 5.97 Å². The van der Waals surface area contributed by atoms with Crippen LogP contribution in [0, 0.1) is 0 Å². The zero-order valence-corrected chi connectivity index (χ0v) is 11.4. The Bertz CT molecular complexity index is 846. The molecule has 0 aliphatic heterocycles. The molecule has 0 aliphatic rings. The molecule has 0 saturated carbocycles. The lowest BCUT2D eigenvalue weighted by atomic mass is 10.1. The van der Waals surface area contributed by atoms with Gasteiger partial charge in [0, 0.05) is 23.2 Å². The third-order valence-corrected chi connectivity index (χ3v) is 3.21. The summed E-state index contributed by atoms with van der Waals surface area (Å²) in [6.07, 6.45) is 2.88. The molecular formula is C17H13NO3. The molecule has 3 aromatic rings. The van der Waals surface area contributed by atoms with E-state index in [4.69, 9.17) is 9.52 Å². The summed E-state index contributed by atoms with van der Waals surface area (Å²) in [5.74, 6) is 0.222. The Balaban J connectivity index is 2.00. The maximum Gasteiger partial charge on any atom is 0.328 e. The van der Waals surface area contributed by atoms with Crippen LogP contribution >= 0.6 is 0 Å². The average molecular weight is 279 g/mol. The number of aliphatic carboxylic acids is 1. The summed E-state index contributed by atoms with van der Waals surface area (Å²) in [6, 6.07) is 13.4. The summed E-state index contributed by atoms with van der Waals surface area (Å²) < 4.78 is 5.71. The number of carboxylic acid groups (broad SMARTS) is 1. The lowest BCUT2D eigenvalue weighted by molar-refractivity contribution is -0.131. The molecule has 104 valence electrons. The van der Waals surface area contributed by atoms with Crippen LogP contribution in [0.4, 0.5) is 0 Å². The van der Waals surface area contributed by atoms with E-state index in [9.17, 15) is 4.79 Å². The van der Waals surface area contributed by atoms with E-state index in [1.54, 1.807) is 19.2 Å². The van der Waals surface area contributed by atoms with Gasteiger partial charge in [-0.2, -0.15) is 0 Å². The second-order valence-electron chi connectivity index (χ2n) is 4.75. The van der Waals surface area contributed by atoms with Crippen molar-refractivity contribution >= 4 is 22.4 Å².